The largest absolute Gasteiger partial charge is 0.370 e. The third-order valence-corrected chi connectivity index (χ3v) is 3.98. The van der Waals surface area contributed by atoms with Crippen LogP contribution in [0.3, 0.4) is 0 Å². The van der Waals surface area contributed by atoms with Gasteiger partial charge in [0.05, 0.1) is 0 Å². The quantitative estimate of drug-likeness (QED) is 0.792. The van der Waals surface area contributed by atoms with Crippen LogP contribution in [0.2, 0.25) is 5.15 Å². The van der Waals surface area contributed by atoms with E-state index in [9.17, 15) is 4.79 Å². The lowest BCUT2D eigenvalue weighted by atomic mass is 10.2. The molecule has 116 valence electrons. The number of carbonyl (C=O) groups is 1. The van der Waals surface area contributed by atoms with Crippen LogP contribution in [0.5, 0.6) is 0 Å². The summed E-state index contributed by atoms with van der Waals surface area (Å²) >= 11 is 5.98. The zero-order valence-electron chi connectivity index (χ0n) is 12.7. The van der Waals surface area contributed by atoms with E-state index in [1.165, 1.54) is 6.42 Å². The molecule has 21 heavy (non-hydrogen) atoms. The van der Waals surface area contributed by atoms with Crippen molar-refractivity contribution in [3.8, 4) is 0 Å². The van der Waals surface area contributed by atoms with Gasteiger partial charge in [0.15, 0.2) is 0 Å². The fourth-order valence-electron chi connectivity index (χ4n) is 2.52. The van der Waals surface area contributed by atoms with Crippen molar-refractivity contribution in [2.45, 2.75) is 32.2 Å². The van der Waals surface area contributed by atoms with Crippen molar-refractivity contribution < 1.29 is 4.79 Å². The van der Waals surface area contributed by atoms with E-state index in [1.54, 1.807) is 12.1 Å². The fourth-order valence-corrected chi connectivity index (χ4v) is 2.73. The maximum absolute atomic E-state index is 12.2. The molecule has 1 aliphatic rings. The van der Waals surface area contributed by atoms with E-state index in [0.29, 0.717) is 29.1 Å². The van der Waals surface area contributed by atoms with Crippen LogP contribution in [-0.4, -0.2) is 48.5 Å². The molecule has 1 atom stereocenters. The third-order valence-electron chi connectivity index (χ3n) is 3.78. The Kier molecular flexibility index (Phi) is 5.82. The summed E-state index contributed by atoms with van der Waals surface area (Å²) in [6.45, 7) is 4.66. The van der Waals surface area contributed by atoms with Crippen LogP contribution in [0.4, 0.5) is 5.82 Å². The van der Waals surface area contributed by atoms with Crippen molar-refractivity contribution in [1.29, 1.82) is 0 Å². The summed E-state index contributed by atoms with van der Waals surface area (Å²) in [7, 11) is 2.10. The number of halogens is 1. The molecule has 2 rings (SSSR count). The molecule has 5 nitrogen and oxygen atoms in total. The topological polar surface area (TPSA) is 57.3 Å². The number of pyridine rings is 1. The molecule has 1 saturated heterocycles. The zero-order valence-corrected chi connectivity index (χ0v) is 13.4. The minimum Gasteiger partial charge on any atom is -0.370 e. The Bertz CT molecular complexity index is 495. The molecule has 0 radical (unpaired) electrons. The fraction of sp³-hybridized carbons (Fsp3) is 0.600. The van der Waals surface area contributed by atoms with E-state index < -0.39 is 0 Å². The summed E-state index contributed by atoms with van der Waals surface area (Å²) < 4.78 is 0. The van der Waals surface area contributed by atoms with Crippen molar-refractivity contribution in [2.24, 2.45) is 0 Å². The first kappa shape index (κ1) is 16.0. The van der Waals surface area contributed by atoms with E-state index in [1.807, 2.05) is 0 Å². The van der Waals surface area contributed by atoms with Crippen LogP contribution >= 0.6 is 11.6 Å². The standard InChI is InChI=1S/C15H23ClN4O/c1-3-6-17-14-9-11(8-13(16)19-14)15(21)18-10-12-5-4-7-20(12)2/h8-9,12H,3-7,10H2,1-2H3,(H,17,19)(H,18,21). The first-order chi connectivity index (χ1) is 10.1. The maximum atomic E-state index is 12.2. The van der Waals surface area contributed by atoms with Crippen LogP contribution in [0.1, 0.15) is 36.5 Å². The number of anilines is 1. The van der Waals surface area contributed by atoms with Gasteiger partial charge in [-0.2, -0.15) is 0 Å². The number of hydrogen-bond acceptors (Lipinski definition) is 4. The van der Waals surface area contributed by atoms with Crippen LogP contribution in [-0.2, 0) is 0 Å². The summed E-state index contributed by atoms with van der Waals surface area (Å²) in [6.07, 6.45) is 3.32. The van der Waals surface area contributed by atoms with Gasteiger partial charge in [-0.15, -0.1) is 0 Å². The molecule has 2 heterocycles. The molecule has 1 amide bonds. The molecule has 0 saturated carbocycles. The molecule has 1 aromatic rings. The van der Waals surface area contributed by atoms with Crippen LogP contribution in [0.15, 0.2) is 12.1 Å². The molecular weight excluding hydrogens is 288 g/mol. The molecule has 1 fully saturated rings. The average molecular weight is 311 g/mol. The minimum atomic E-state index is -0.0980. The van der Waals surface area contributed by atoms with Crippen molar-refractivity contribution in [1.82, 2.24) is 15.2 Å². The second-order valence-electron chi connectivity index (χ2n) is 5.48. The van der Waals surface area contributed by atoms with Crippen LogP contribution in [0, 0.1) is 0 Å². The molecule has 6 heteroatoms. The van der Waals surface area contributed by atoms with Gasteiger partial charge in [0.2, 0.25) is 0 Å². The molecule has 1 aliphatic heterocycles. The lowest BCUT2D eigenvalue weighted by Gasteiger charge is -2.19. The van der Waals surface area contributed by atoms with Gasteiger partial charge >= 0.3 is 0 Å². The Morgan fingerprint density at radius 2 is 2.33 bits per heavy atom. The van der Waals surface area contributed by atoms with Gasteiger partial charge in [-0.1, -0.05) is 18.5 Å². The molecule has 0 aliphatic carbocycles. The Morgan fingerprint density at radius 3 is 3.00 bits per heavy atom. The predicted molar refractivity (Wildman–Crippen MR) is 86.0 cm³/mol. The minimum absolute atomic E-state index is 0.0980. The third kappa shape index (κ3) is 4.58. The number of rotatable bonds is 6. The number of amides is 1. The first-order valence-electron chi connectivity index (χ1n) is 7.50. The maximum Gasteiger partial charge on any atom is 0.251 e. The molecular formula is C15H23ClN4O. The lowest BCUT2D eigenvalue weighted by Crippen LogP contribution is -2.38. The highest BCUT2D eigenvalue weighted by molar-refractivity contribution is 6.29. The number of carbonyl (C=O) groups excluding carboxylic acids is 1. The molecule has 0 bridgehead atoms. The van der Waals surface area contributed by atoms with Gasteiger partial charge in [-0.3, -0.25) is 4.79 Å². The van der Waals surface area contributed by atoms with E-state index in [2.05, 4.69) is 34.5 Å². The zero-order chi connectivity index (χ0) is 15.2. The molecule has 1 unspecified atom stereocenters. The van der Waals surface area contributed by atoms with Gasteiger partial charge in [0.1, 0.15) is 11.0 Å². The number of nitrogens with one attached hydrogen (secondary N) is 2. The van der Waals surface area contributed by atoms with Gasteiger partial charge in [0.25, 0.3) is 5.91 Å². The number of nitrogens with zero attached hydrogens (tertiary/aromatic N) is 2. The Morgan fingerprint density at radius 1 is 1.52 bits per heavy atom. The number of likely N-dealkylation sites (tertiary alicyclic amines) is 1. The predicted octanol–water partition coefficient (Wildman–Crippen LogP) is 2.38. The summed E-state index contributed by atoms with van der Waals surface area (Å²) in [4.78, 5) is 18.7. The summed E-state index contributed by atoms with van der Waals surface area (Å²) in [6, 6.07) is 3.78. The van der Waals surface area contributed by atoms with E-state index in [-0.39, 0.29) is 5.91 Å². The Balaban J connectivity index is 1.96. The van der Waals surface area contributed by atoms with Gasteiger partial charge in [0, 0.05) is 24.7 Å². The van der Waals surface area contributed by atoms with Crippen molar-refractivity contribution in [3.63, 3.8) is 0 Å². The highest BCUT2D eigenvalue weighted by atomic mass is 35.5. The van der Waals surface area contributed by atoms with Crippen molar-refractivity contribution in [2.75, 3.05) is 32.0 Å². The SMILES string of the molecule is CCCNc1cc(C(=O)NCC2CCCN2C)cc(Cl)n1. The van der Waals surface area contributed by atoms with Gasteiger partial charge in [-0.25, -0.2) is 4.98 Å². The number of hydrogen-bond donors (Lipinski definition) is 2. The van der Waals surface area contributed by atoms with Gasteiger partial charge < -0.3 is 15.5 Å². The Labute approximate surface area is 131 Å². The summed E-state index contributed by atoms with van der Waals surface area (Å²) in [5.74, 6) is 0.548. The lowest BCUT2D eigenvalue weighted by molar-refractivity contribution is 0.0943. The highest BCUT2D eigenvalue weighted by Gasteiger charge is 2.21. The number of aromatic nitrogens is 1. The highest BCUT2D eigenvalue weighted by Crippen LogP contribution is 2.16. The molecule has 0 spiro atoms. The first-order valence-corrected chi connectivity index (χ1v) is 7.88. The van der Waals surface area contributed by atoms with Crippen LogP contribution in [0.25, 0.3) is 0 Å². The second kappa shape index (κ2) is 7.61. The number of likely N-dealkylation sites (N-methyl/N-ethyl adjacent to an activating group) is 1. The van der Waals surface area contributed by atoms with Crippen molar-refractivity contribution in [3.05, 3.63) is 22.8 Å². The Hall–Kier alpha value is -1.33. The summed E-state index contributed by atoms with van der Waals surface area (Å²) in [5, 5.41) is 6.47. The van der Waals surface area contributed by atoms with E-state index in [0.717, 1.165) is 25.9 Å². The normalized spacial score (nSPS) is 18.7. The molecule has 1 aromatic heterocycles. The molecule has 2 N–H and O–H groups in total. The van der Waals surface area contributed by atoms with Crippen molar-refractivity contribution >= 4 is 23.3 Å². The average Bonchev–Trinajstić information content (AvgIpc) is 2.87. The van der Waals surface area contributed by atoms with Crippen LogP contribution < -0.4 is 10.6 Å². The van der Waals surface area contributed by atoms with Gasteiger partial charge in [-0.05, 0) is 45.0 Å². The van der Waals surface area contributed by atoms with E-state index in [4.69, 9.17) is 11.6 Å². The molecule has 0 aromatic carbocycles. The smallest absolute Gasteiger partial charge is 0.251 e. The van der Waals surface area contributed by atoms with E-state index >= 15 is 0 Å². The monoisotopic (exact) mass is 310 g/mol. The summed E-state index contributed by atoms with van der Waals surface area (Å²) in [5.41, 5.74) is 0.550. The second-order valence-corrected chi connectivity index (χ2v) is 5.86.